The van der Waals surface area contributed by atoms with E-state index in [1.54, 1.807) is 18.2 Å². The van der Waals surface area contributed by atoms with Gasteiger partial charge in [0.05, 0.1) is 0 Å². The molecule has 0 amide bonds. The van der Waals surface area contributed by atoms with Gasteiger partial charge in [0.1, 0.15) is 5.82 Å². The molecule has 3 heteroatoms. The topological polar surface area (TPSA) is 29.1 Å². The number of piperidine rings is 1. The number of carbonyl (C=O) groups is 1. The molecule has 19 heavy (non-hydrogen) atoms. The van der Waals surface area contributed by atoms with Crippen LogP contribution < -0.4 is 5.32 Å². The number of ketones is 1. The predicted molar refractivity (Wildman–Crippen MR) is 73.8 cm³/mol. The average Bonchev–Trinajstić information content (AvgIpc) is 2.48. The molecule has 1 aliphatic heterocycles. The zero-order valence-electron chi connectivity index (χ0n) is 10.7. The summed E-state index contributed by atoms with van der Waals surface area (Å²) in [6, 6.07) is 10.2. The van der Waals surface area contributed by atoms with Crippen molar-refractivity contribution in [2.45, 2.75) is 12.8 Å². The molecule has 1 atom stereocenters. The second kappa shape index (κ2) is 5.10. The van der Waals surface area contributed by atoms with E-state index < -0.39 is 0 Å². The van der Waals surface area contributed by atoms with Crippen LogP contribution in [0.15, 0.2) is 36.4 Å². The molecule has 2 nitrogen and oxygen atoms in total. The Bertz CT molecular complexity index is 617. The molecule has 1 heterocycles. The Kier molecular flexibility index (Phi) is 3.30. The molecule has 0 spiro atoms. The fraction of sp³-hybridized carbons (Fsp3) is 0.312. The fourth-order valence-corrected chi connectivity index (χ4v) is 2.77. The maximum Gasteiger partial charge on any atom is 0.167 e. The molecule has 1 aliphatic rings. The Balaban J connectivity index is 2.05. The number of carbonyl (C=O) groups excluding carboxylic acids is 1. The SMILES string of the molecule is O=C(c1ccc(F)c2ccccc12)C1CCCNC1. The van der Waals surface area contributed by atoms with Gasteiger partial charge >= 0.3 is 0 Å². The van der Waals surface area contributed by atoms with E-state index in [1.807, 2.05) is 12.1 Å². The molecule has 2 aromatic carbocycles. The third-order valence-corrected chi connectivity index (χ3v) is 3.80. The Labute approximate surface area is 111 Å². The van der Waals surface area contributed by atoms with Gasteiger partial charge in [-0.25, -0.2) is 4.39 Å². The Morgan fingerprint density at radius 1 is 1.16 bits per heavy atom. The molecule has 98 valence electrons. The van der Waals surface area contributed by atoms with E-state index in [0.717, 1.165) is 31.3 Å². The monoisotopic (exact) mass is 257 g/mol. The van der Waals surface area contributed by atoms with Crippen LogP contribution in [-0.4, -0.2) is 18.9 Å². The zero-order valence-corrected chi connectivity index (χ0v) is 10.7. The van der Waals surface area contributed by atoms with Gasteiger partial charge in [-0.1, -0.05) is 24.3 Å². The summed E-state index contributed by atoms with van der Waals surface area (Å²) in [4.78, 5) is 12.6. The number of hydrogen-bond donors (Lipinski definition) is 1. The van der Waals surface area contributed by atoms with Crippen LogP contribution in [0.1, 0.15) is 23.2 Å². The van der Waals surface area contributed by atoms with Crippen molar-refractivity contribution in [3.8, 4) is 0 Å². The maximum absolute atomic E-state index is 13.7. The lowest BCUT2D eigenvalue weighted by molar-refractivity contribution is 0.0901. The molecule has 0 bridgehead atoms. The summed E-state index contributed by atoms with van der Waals surface area (Å²) in [7, 11) is 0. The number of fused-ring (bicyclic) bond motifs is 1. The summed E-state index contributed by atoms with van der Waals surface area (Å²) < 4.78 is 13.7. The first-order valence-electron chi connectivity index (χ1n) is 6.69. The summed E-state index contributed by atoms with van der Waals surface area (Å²) in [5, 5.41) is 4.50. The van der Waals surface area contributed by atoms with Crippen molar-refractivity contribution < 1.29 is 9.18 Å². The van der Waals surface area contributed by atoms with E-state index in [-0.39, 0.29) is 17.5 Å². The van der Waals surface area contributed by atoms with Gasteiger partial charge in [0.25, 0.3) is 0 Å². The first-order chi connectivity index (χ1) is 9.27. The van der Waals surface area contributed by atoms with Crippen molar-refractivity contribution >= 4 is 16.6 Å². The zero-order chi connectivity index (χ0) is 13.2. The molecule has 3 rings (SSSR count). The third-order valence-electron chi connectivity index (χ3n) is 3.80. The minimum absolute atomic E-state index is 0.0163. The lowest BCUT2D eigenvalue weighted by Crippen LogP contribution is -2.34. The largest absolute Gasteiger partial charge is 0.316 e. The second-order valence-corrected chi connectivity index (χ2v) is 5.05. The minimum atomic E-state index is -0.270. The second-order valence-electron chi connectivity index (χ2n) is 5.05. The number of nitrogens with one attached hydrogen (secondary N) is 1. The Morgan fingerprint density at radius 2 is 1.95 bits per heavy atom. The van der Waals surface area contributed by atoms with E-state index in [0.29, 0.717) is 10.9 Å². The number of Topliss-reactive ketones (excluding diaryl/α,β-unsaturated/α-hetero) is 1. The Hall–Kier alpha value is -1.74. The van der Waals surface area contributed by atoms with E-state index in [2.05, 4.69) is 5.32 Å². The van der Waals surface area contributed by atoms with Crippen LogP contribution in [0.3, 0.4) is 0 Å². The van der Waals surface area contributed by atoms with Crippen molar-refractivity contribution in [3.63, 3.8) is 0 Å². The smallest absolute Gasteiger partial charge is 0.167 e. The number of benzene rings is 2. The molecule has 0 aliphatic carbocycles. The van der Waals surface area contributed by atoms with Crippen LogP contribution in [0.25, 0.3) is 10.8 Å². The number of rotatable bonds is 2. The third kappa shape index (κ3) is 2.26. The molecule has 0 radical (unpaired) electrons. The van der Waals surface area contributed by atoms with E-state index >= 15 is 0 Å². The van der Waals surface area contributed by atoms with Crippen molar-refractivity contribution in [2.24, 2.45) is 5.92 Å². The highest BCUT2D eigenvalue weighted by molar-refractivity contribution is 6.09. The molecule has 1 unspecified atom stereocenters. The van der Waals surface area contributed by atoms with Crippen molar-refractivity contribution in [3.05, 3.63) is 47.8 Å². The average molecular weight is 257 g/mol. The van der Waals surface area contributed by atoms with Crippen LogP contribution in [0.5, 0.6) is 0 Å². The van der Waals surface area contributed by atoms with Gasteiger partial charge in [-0.05, 0) is 36.9 Å². The fourth-order valence-electron chi connectivity index (χ4n) is 2.77. The summed E-state index contributed by atoms with van der Waals surface area (Å²) in [5.74, 6) is -0.125. The first-order valence-corrected chi connectivity index (χ1v) is 6.69. The van der Waals surface area contributed by atoms with Gasteiger partial charge in [0, 0.05) is 23.4 Å². The first kappa shape index (κ1) is 12.3. The van der Waals surface area contributed by atoms with Crippen molar-refractivity contribution in [2.75, 3.05) is 13.1 Å². The van der Waals surface area contributed by atoms with Crippen LogP contribution in [-0.2, 0) is 0 Å². The Morgan fingerprint density at radius 3 is 2.68 bits per heavy atom. The quantitative estimate of drug-likeness (QED) is 0.837. The van der Waals surface area contributed by atoms with Crippen LogP contribution in [0.2, 0.25) is 0 Å². The van der Waals surface area contributed by atoms with Crippen molar-refractivity contribution in [1.29, 1.82) is 0 Å². The molecule has 1 N–H and O–H groups in total. The van der Waals surface area contributed by atoms with E-state index in [1.165, 1.54) is 6.07 Å². The van der Waals surface area contributed by atoms with Crippen molar-refractivity contribution in [1.82, 2.24) is 5.32 Å². The number of hydrogen-bond acceptors (Lipinski definition) is 2. The maximum atomic E-state index is 13.7. The van der Waals surface area contributed by atoms with Crippen LogP contribution in [0, 0.1) is 11.7 Å². The van der Waals surface area contributed by atoms with E-state index in [9.17, 15) is 9.18 Å². The molecule has 1 saturated heterocycles. The van der Waals surface area contributed by atoms with Gasteiger partial charge in [0.15, 0.2) is 5.78 Å². The number of halogens is 1. The van der Waals surface area contributed by atoms with Gasteiger partial charge in [-0.3, -0.25) is 4.79 Å². The van der Waals surface area contributed by atoms with E-state index in [4.69, 9.17) is 0 Å². The molecule has 1 fully saturated rings. The molecular formula is C16H16FNO. The van der Waals surface area contributed by atoms with Crippen LogP contribution in [0.4, 0.5) is 4.39 Å². The van der Waals surface area contributed by atoms with Gasteiger partial charge in [-0.15, -0.1) is 0 Å². The molecule has 0 saturated carbocycles. The van der Waals surface area contributed by atoms with Gasteiger partial charge in [-0.2, -0.15) is 0 Å². The summed E-state index contributed by atoms with van der Waals surface area (Å²) in [6.45, 7) is 1.71. The minimum Gasteiger partial charge on any atom is -0.316 e. The standard InChI is InChI=1S/C16H16FNO/c17-15-8-7-14(12-5-1-2-6-13(12)15)16(19)11-4-3-9-18-10-11/h1-2,5-8,11,18H,3-4,9-10H2. The van der Waals surface area contributed by atoms with Gasteiger partial charge < -0.3 is 5.32 Å². The summed E-state index contributed by atoms with van der Waals surface area (Å²) in [5.41, 5.74) is 0.644. The summed E-state index contributed by atoms with van der Waals surface area (Å²) in [6.07, 6.45) is 1.94. The predicted octanol–water partition coefficient (Wildman–Crippen LogP) is 3.16. The lowest BCUT2D eigenvalue weighted by atomic mass is 9.88. The lowest BCUT2D eigenvalue weighted by Gasteiger charge is -2.22. The van der Waals surface area contributed by atoms with Gasteiger partial charge in [0.2, 0.25) is 0 Å². The summed E-state index contributed by atoms with van der Waals surface area (Å²) >= 11 is 0. The highest BCUT2D eigenvalue weighted by Crippen LogP contribution is 2.25. The highest BCUT2D eigenvalue weighted by atomic mass is 19.1. The molecule has 0 aromatic heterocycles. The highest BCUT2D eigenvalue weighted by Gasteiger charge is 2.23. The molecular weight excluding hydrogens is 241 g/mol. The molecule has 2 aromatic rings. The normalized spacial score (nSPS) is 19.5. The van der Waals surface area contributed by atoms with Crippen LogP contribution >= 0.6 is 0 Å².